The minimum atomic E-state index is -4.61. The highest BCUT2D eigenvalue weighted by atomic mass is 19.4. The first-order valence-corrected chi connectivity index (χ1v) is 10.3. The van der Waals surface area contributed by atoms with Crippen LogP contribution in [0.5, 0.6) is 11.5 Å². The van der Waals surface area contributed by atoms with Crippen molar-refractivity contribution in [3.8, 4) is 11.5 Å². The standard InChI is InChI=1S/C22H23F3N6O2/c1-32-19-10-13(3-5-18(19)33-8-2-7-26)17-12-28-20-6-4-16(30-31(17)20)14-9-15(22(23,24)25)21(27)29-11-14/h3-6,9-11,17H,2,7-8,12,26H2,1H3,(H2,27,29). The molecule has 0 radical (unpaired) electrons. The molecule has 2 aliphatic heterocycles. The van der Waals surface area contributed by atoms with Crippen LogP contribution in [0.15, 0.2) is 52.7 Å². The third-order valence-electron chi connectivity index (χ3n) is 5.26. The zero-order valence-corrected chi connectivity index (χ0v) is 17.8. The normalized spacial score (nSPS) is 17.5. The number of benzene rings is 1. The van der Waals surface area contributed by atoms with Gasteiger partial charge < -0.3 is 20.9 Å². The fourth-order valence-electron chi connectivity index (χ4n) is 3.56. The van der Waals surface area contributed by atoms with Crippen LogP contribution < -0.4 is 20.9 Å². The first-order valence-electron chi connectivity index (χ1n) is 10.3. The summed E-state index contributed by atoms with van der Waals surface area (Å²) < 4.78 is 51.0. The molecule has 174 valence electrons. The van der Waals surface area contributed by atoms with Gasteiger partial charge in [0, 0.05) is 11.8 Å². The maximum Gasteiger partial charge on any atom is 0.419 e. The lowest BCUT2D eigenvalue weighted by Gasteiger charge is -2.26. The molecule has 2 aromatic rings. The molecule has 0 saturated heterocycles. The molecule has 0 aliphatic carbocycles. The number of amidine groups is 1. The number of aliphatic imine (C=N–C) groups is 1. The smallest absolute Gasteiger partial charge is 0.419 e. The Balaban J connectivity index is 1.62. The Morgan fingerprint density at radius 2 is 2.00 bits per heavy atom. The van der Waals surface area contributed by atoms with Crippen LogP contribution in [0, 0.1) is 0 Å². The number of ether oxygens (including phenoxy) is 2. The number of anilines is 1. The quantitative estimate of drug-likeness (QED) is 0.614. The van der Waals surface area contributed by atoms with E-state index in [1.54, 1.807) is 24.3 Å². The second-order valence-electron chi connectivity index (χ2n) is 7.43. The molecule has 2 aliphatic rings. The third-order valence-corrected chi connectivity index (χ3v) is 5.26. The molecule has 1 aromatic heterocycles. The Labute approximate surface area is 188 Å². The second-order valence-corrected chi connectivity index (χ2v) is 7.43. The van der Waals surface area contributed by atoms with Gasteiger partial charge in [0.1, 0.15) is 11.7 Å². The minimum absolute atomic E-state index is 0.207. The maximum atomic E-state index is 13.3. The molecule has 0 spiro atoms. The van der Waals surface area contributed by atoms with E-state index in [1.165, 1.54) is 6.20 Å². The number of pyridine rings is 1. The molecule has 4 rings (SSSR count). The Hall–Kier alpha value is -3.60. The van der Waals surface area contributed by atoms with E-state index in [0.717, 1.165) is 18.1 Å². The van der Waals surface area contributed by atoms with Crippen molar-refractivity contribution < 1.29 is 22.6 Å². The predicted octanol–water partition coefficient (Wildman–Crippen LogP) is 3.15. The number of allylic oxidation sites excluding steroid dienone is 1. The Morgan fingerprint density at radius 3 is 2.73 bits per heavy atom. The molecule has 0 saturated carbocycles. The summed E-state index contributed by atoms with van der Waals surface area (Å²) in [4.78, 5) is 8.20. The molecule has 11 heteroatoms. The van der Waals surface area contributed by atoms with Gasteiger partial charge in [-0.1, -0.05) is 6.07 Å². The van der Waals surface area contributed by atoms with Crippen molar-refractivity contribution in [2.24, 2.45) is 15.8 Å². The van der Waals surface area contributed by atoms with Gasteiger partial charge in [-0.05, 0) is 48.9 Å². The fourth-order valence-corrected chi connectivity index (χ4v) is 3.56. The van der Waals surface area contributed by atoms with Gasteiger partial charge in [-0.15, -0.1) is 0 Å². The zero-order chi connectivity index (χ0) is 23.6. The summed E-state index contributed by atoms with van der Waals surface area (Å²) in [5, 5.41) is 6.24. The summed E-state index contributed by atoms with van der Waals surface area (Å²) >= 11 is 0. The lowest BCUT2D eigenvalue weighted by Crippen LogP contribution is -2.29. The molecule has 1 atom stereocenters. The number of rotatable bonds is 7. The van der Waals surface area contributed by atoms with Gasteiger partial charge in [-0.2, -0.15) is 18.3 Å². The molecule has 0 amide bonds. The zero-order valence-electron chi connectivity index (χ0n) is 17.8. The van der Waals surface area contributed by atoms with Gasteiger partial charge in [-0.3, -0.25) is 4.99 Å². The van der Waals surface area contributed by atoms with Crippen LogP contribution in [0.25, 0.3) is 0 Å². The van der Waals surface area contributed by atoms with Crippen molar-refractivity contribution in [3.05, 3.63) is 59.3 Å². The SMILES string of the molecule is COc1cc(C2CN=C3C=CC(c4cnc(N)c(C(F)(F)F)c4)=NN32)ccc1OCCCN. The number of hydrogen-bond donors (Lipinski definition) is 2. The fraction of sp³-hybridized carbons (Fsp3) is 0.318. The lowest BCUT2D eigenvalue weighted by molar-refractivity contribution is -0.137. The highest BCUT2D eigenvalue weighted by Crippen LogP contribution is 2.36. The van der Waals surface area contributed by atoms with Gasteiger partial charge in [0.05, 0.1) is 37.6 Å². The van der Waals surface area contributed by atoms with Gasteiger partial charge in [0.15, 0.2) is 11.5 Å². The van der Waals surface area contributed by atoms with E-state index in [2.05, 4.69) is 15.1 Å². The number of nitrogens with two attached hydrogens (primary N) is 2. The Bertz CT molecular complexity index is 1130. The molecule has 1 unspecified atom stereocenters. The summed E-state index contributed by atoms with van der Waals surface area (Å²) in [6, 6.07) is 6.25. The van der Waals surface area contributed by atoms with Crippen molar-refractivity contribution in [1.29, 1.82) is 0 Å². The summed E-state index contributed by atoms with van der Waals surface area (Å²) in [5.74, 6) is 1.20. The van der Waals surface area contributed by atoms with Crippen LogP contribution in [-0.4, -0.2) is 48.3 Å². The van der Waals surface area contributed by atoms with Gasteiger partial charge in [0.25, 0.3) is 0 Å². The lowest BCUT2D eigenvalue weighted by atomic mass is 10.1. The van der Waals surface area contributed by atoms with Crippen molar-refractivity contribution in [2.45, 2.75) is 18.6 Å². The number of nitrogens with zero attached hydrogens (tertiary/aromatic N) is 4. The van der Waals surface area contributed by atoms with E-state index in [1.807, 2.05) is 18.2 Å². The molecule has 0 bridgehead atoms. The number of nitrogen functional groups attached to an aromatic ring is 1. The number of alkyl halides is 3. The number of halogens is 3. The average molecular weight is 460 g/mol. The summed E-state index contributed by atoms with van der Waals surface area (Å²) in [5.41, 5.74) is 11.3. The van der Waals surface area contributed by atoms with E-state index in [0.29, 0.717) is 42.7 Å². The summed E-state index contributed by atoms with van der Waals surface area (Å²) in [6.07, 6.45) is 0.711. The van der Waals surface area contributed by atoms with Crippen LogP contribution in [0.1, 0.15) is 29.2 Å². The van der Waals surface area contributed by atoms with Gasteiger partial charge in [-0.25, -0.2) is 9.99 Å². The first-order chi connectivity index (χ1) is 15.8. The van der Waals surface area contributed by atoms with Crippen LogP contribution in [0.4, 0.5) is 19.0 Å². The molecule has 4 N–H and O–H groups in total. The monoisotopic (exact) mass is 460 g/mol. The summed E-state index contributed by atoms with van der Waals surface area (Å²) in [6.45, 7) is 1.43. The molecule has 1 aromatic carbocycles. The summed E-state index contributed by atoms with van der Waals surface area (Å²) in [7, 11) is 1.55. The highest BCUT2D eigenvalue weighted by Gasteiger charge is 2.35. The molecular formula is C22H23F3N6O2. The topological polar surface area (TPSA) is 111 Å². The van der Waals surface area contributed by atoms with E-state index in [-0.39, 0.29) is 11.6 Å². The van der Waals surface area contributed by atoms with Crippen LogP contribution in [0.2, 0.25) is 0 Å². The molecular weight excluding hydrogens is 437 g/mol. The molecule has 3 heterocycles. The largest absolute Gasteiger partial charge is 0.493 e. The Kier molecular flexibility index (Phi) is 6.23. The molecule has 0 fully saturated rings. The molecule has 8 nitrogen and oxygen atoms in total. The molecule has 33 heavy (non-hydrogen) atoms. The second kappa shape index (κ2) is 9.10. The number of aromatic nitrogens is 1. The van der Waals surface area contributed by atoms with Crippen molar-refractivity contribution in [1.82, 2.24) is 9.99 Å². The predicted molar refractivity (Wildman–Crippen MR) is 118 cm³/mol. The van der Waals surface area contributed by atoms with Crippen molar-refractivity contribution >= 4 is 17.4 Å². The number of hydrogen-bond acceptors (Lipinski definition) is 8. The average Bonchev–Trinajstić information content (AvgIpc) is 3.22. The van der Waals surface area contributed by atoms with Gasteiger partial charge in [0.2, 0.25) is 0 Å². The van der Waals surface area contributed by atoms with E-state index in [4.69, 9.17) is 20.9 Å². The Morgan fingerprint density at radius 1 is 1.18 bits per heavy atom. The van der Waals surface area contributed by atoms with Crippen LogP contribution in [-0.2, 0) is 6.18 Å². The number of fused-ring (bicyclic) bond motifs is 1. The maximum absolute atomic E-state index is 13.3. The first kappa shape index (κ1) is 22.6. The number of methoxy groups -OCH3 is 1. The van der Waals surface area contributed by atoms with Crippen molar-refractivity contribution in [2.75, 3.05) is 32.5 Å². The van der Waals surface area contributed by atoms with Crippen LogP contribution in [0.3, 0.4) is 0 Å². The van der Waals surface area contributed by atoms with Crippen molar-refractivity contribution in [3.63, 3.8) is 0 Å². The number of hydrazone groups is 1. The van der Waals surface area contributed by atoms with Crippen LogP contribution >= 0.6 is 0 Å². The van der Waals surface area contributed by atoms with E-state index >= 15 is 0 Å². The van der Waals surface area contributed by atoms with E-state index in [9.17, 15) is 13.2 Å². The third kappa shape index (κ3) is 4.63. The van der Waals surface area contributed by atoms with E-state index < -0.39 is 17.6 Å². The van der Waals surface area contributed by atoms with Gasteiger partial charge >= 0.3 is 6.18 Å². The highest BCUT2D eigenvalue weighted by molar-refractivity contribution is 6.14. The minimum Gasteiger partial charge on any atom is -0.493 e.